The Balaban J connectivity index is 1.88. The van der Waals surface area contributed by atoms with Crippen LogP contribution < -0.4 is 10.1 Å². The SMILES string of the molecule is CCCCOc1ccccc1[C@@H](C)NC[C@H]1CCCO1. The third-order valence-electron chi connectivity index (χ3n) is 3.82. The lowest BCUT2D eigenvalue weighted by Gasteiger charge is -2.20. The number of hydrogen-bond donors (Lipinski definition) is 1. The number of para-hydroxylation sites is 1. The quantitative estimate of drug-likeness (QED) is 0.735. The molecule has 20 heavy (non-hydrogen) atoms. The summed E-state index contributed by atoms with van der Waals surface area (Å²) in [6.07, 6.45) is 5.01. The molecule has 0 radical (unpaired) electrons. The van der Waals surface area contributed by atoms with Crippen LogP contribution in [0.3, 0.4) is 0 Å². The molecule has 1 N–H and O–H groups in total. The normalized spacial score (nSPS) is 20.0. The maximum Gasteiger partial charge on any atom is 0.124 e. The van der Waals surface area contributed by atoms with Gasteiger partial charge in [-0.25, -0.2) is 0 Å². The zero-order valence-corrected chi connectivity index (χ0v) is 12.7. The summed E-state index contributed by atoms with van der Waals surface area (Å²) in [5.74, 6) is 1.01. The molecule has 3 nitrogen and oxygen atoms in total. The number of benzene rings is 1. The minimum Gasteiger partial charge on any atom is -0.493 e. The second-order valence-electron chi connectivity index (χ2n) is 5.50. The highest BCUT2D eigenvalue weighted by Gasteiger charge is 2.17. The van der Waals surface area contributed by atoms with Gasteiger partial charge in [-0.15, -0.1) is 0 Å². The Morgan fingerprint density at radius 1 is 1.40 bits per heavy atom. The molecule has 0 unspecified atom stereocenters. The first-order valence-corrected chi connectivity index (χ1v) is 7.88. The molecule has 1 aromatic rings. The molecule has 0 amide bonds. The highest BCUT2D eigenvalue weighted by molar-refractivity contribution is 5.35. The Morgan fingerprint density at radius 3 is 3.00 bits per heavy atom. The van der Waals surface area contributed by atoms with Gasteiger partial charge in [0.05, 0.1) is 12.7 Å². The minimum absolute atomic E-state index is 0.289. The number of unbranched alkanes of at least 4 members (excludes halogenated alkanes) is 1. The Labute approximate surface area is 122 Å². The lowest BCUT2D eigenvalue weighted by Crippen LogP contribution is -2.28. The van der Waals surface area contributed by atoms with Crippen molar-refractivity contribution in [3.8, 4) is 5.75 Å². The highest BCUT2D eigenvalue weighted by atomic mass is 16.5. The van der Waals surface area contributed by atoms with Crippen molar-refractivity contribution in [3.63, 3.8) is 0 Å². The summed E-state index contributed by atoms with van der Waals surface area (Å²) in [5.41, 5.74) is 1.24. The maximum absolute atomic E-state index is 5.90. The van der Waals surface area contributed by atoms with E-state index in [9.17, 15) is 0 Å². The van der Waals surface area contributed by atoms with E-state index in [4.69, 9.17) is 9.47 Å². The second kappa shape index (κ2) is 8.28. The lowest BCUT2D eigenvalue weighted by atomic mass is 10.1. The van der Waals surface area contributed by atoms with Gasteiger partial charge in [-0.2, -0.15) is 0 Å². The molecule has 0 spiro atoms. The van der Waals surface area contributed by atoms with E-state index in [0.29, 0.717) is 6.10 Å². The Morgan fingerprint density at radius 2 is 2.25 bits per heavy atom. The van der Waals surface area contributed by atoms with Gasteiger partial charge in [-0.3, -0.25) is 0 Å². The van der Waals surface area contributed by atoms with Gasteiger partial charge >= 0.3 is 0 Å². The monoisotopic (exact) mass is 277 g/mol. The van der Waals surface area contributed by atoms with Crippen LogP contribution >= 0.6 is 0 Å². The molecule has 1 aromatic carbocycles. The van der Waals surface area contributed by atoms with Gasteiger partial charge in [0.1, 0.15) is 5.75 Å². The van der Waals surface area contributed by atoms with Crippen LogP contribution in [0.2, 0.25) is 0 Å². The first-order valence-electron chi connectivity index (χ1n) is 7.88. The molecule has 0 aliphatic carbocycles. The molecule has 1 heterocycles. The van der Waals surface area contributed by atoms with Gasteiger partial charge in [0.2, 0.25) is 0 Å². The molecule has 0 aromatic heterocycles. The topological polar surface area (TPSA) is 30.5 Å². The van der Waals surface area contributed by atoms with Crippen molar-refractivity contribution in [3.05, 3.63) is 29.8 Å². The van der Waals surface area contributed by atoms with E-state index in [1.165, 1.54) is 18.4 Å². The van der Waals surface area contributed by atoms with E-state index in [1.807, 2.05) is 6.07 Å². The summed E-state index contributed by atoms with van der Waals surface area (Å²) in [6, 6.07) is 8.62. The number of ether oxygens (including phenoxy) is 2. The zero-order valence-electron chi connectivity index (χ0n) is 12.7. The van der Waals surface area contributed by atoms with Gasteiger partial charge in [0.15, 0.2) is 0 Å². The van der Waals surface area contributed by atoms with Crippen LogP contribution in [0.4, 0.5) is 0 Å². The predicted molar refractivity (Wildman–Crippen MR) is 82.2 cm³/mol. The summed E-state index contributed by atoms with van der Waals surface area (Å²) in [4.78, 5) is 0. The molecule has 1 saturated heterocycles. The van der Waals surface area contributed by atoms with Gasteiger partial charge in [0.25, 0.3) is 0 Å². The Bertz CT molecular complexity index is 388. The molecule has 2 atom stereocenters. The molecule has 2 rings (SSSR count). The van der Waals surface area contributed by atoms with E-state index in [2.05, 4.69) is 37.4 Å². The summed E-state index contributed by atoms with van der Waals surface area (Å²) in [5, 5.41) is 3.57. The molecule has 3 heteroatoms. The zero-order chi connectivity index (χ0) is 14.2. The molecule has 1 fully saturated rings. The fraction of sp³-hybridized carbons (Fsp3) is 0.647. The van der Waals surface area contributed by atoms with E-state index in [-0.39, 0.29) is 6.04 Å². The highest BCUT2D eigenvalue weighted by Crippen LogP contribution is 2.25. The van der Waals surface area contributed by atoms with Crippen LogP contribution in [0, 0.1) is 0 Å². The molecule has 0 saturated carbocycles. The third-order valence-corrected chi connectivity index (χ3v) is 3.82. The Hall–Kier alpha value is -1.06. The van der Waals surface area contributed by atoms with Crippen molar-refractivity contribution in [2.45, 2.75) is 51.7 Å². The standard InChI is InChI=1S/C17H27NO2/c1-3-4-11-20-17-10-6-5-9-16(17)14(2)18-13-15-8-7-12-19-15/h5-6,9-10,14-15,18H,3-4,7-8,11-13H2,1-2H3/t14-,15-/m1/s1. The third kappa shape index (κ3) is 4.50. The van der Waals surface area contributed by atoms with E-state index in [1.54, 1.807) is 0 Å². The lowest BCUT2D eigenvalue weighted by molar-refractivity contribution is 0.108. The van der Waals surface area contributed by atoms with E-state index < -0.39 is 0 Å². The van der Waals surface area contributed by atoms with Crippen LogP contribution in [0.25, 0.3) is 0 Å². The number of hydrogen-bond acceptors (Lipinski definition) is 3. The summed E-state index contributed by atoms with van der Waals surface area (Å²) >= 11 is 0. The molecular weight excluding hydrogens is 250 g/mol. The average Bonchev–Trinajstić information content (AvgIpc) is 2.99. The molecule has 112 valence electrons. The number of rotatable bonds is 8. The van der Waals surface area contributed by atoms with E-state index in [0.717, 1.165) is 38.3 Å². The Kier molecular flexibility index (Phi) is 6.34. The van der Waals surface area contributed by atoms with Crippen molar-refractivity contribution in [2.24, 2.45) is 0 Å². The average molecular weight is 277 g/mol. The molecule has 0 bridgehead atoms. The first kappa shape index (κ1) is 15.3. The van der Waals surface area contributed by atoms with Gasteiger partial charge in [-0.1, -0.05) is 31.5 Å². The largest absolute Gasteiger partial charge is 0.493 e. The summed E-state index contributed by atoms with van der Waals surface area (Å²) in [7, 11) is 0. The second-order valence-corrected chi connectivity index (χ2v) is 5.50. The minimum atomic E-state index is 0.289. The summed E-state index contributed by atoms with van der Waals surface area (Å²) in [6.45, 7) is 7.01. The van der Waals surface area contributed by atoms with Crippen LogP contribution in [-0.2, 0) is 4.74 Å². The van der Waals surface area contributed by atoms with Crippen LogP contribution in [-0.4, -0.2) is 25.9 Å². The van der Waals surface area contributed by atoms with Gasteiger partial charge < -0.3 is 14.8 Å². The summed E-state index contributed by atoms with van der Waals surface area (Å²) < 4.78 is 11.6. The van der Waals surface area contributed by atoms with Crippen molar-refractivity contribution < 1.29 is 9.47 Å². The van der Waals surface area contributed by atoms with Crippen LogP contribution in [0.15, 0.2) is 24.3 Å². The molecule has 1 aliphatic rings. The maximum atomic E-state index is 5.90. The van der Waals surface area contributed by atoms with Crippen molar-refractivity contribution in [2.75, 3.05) is 19.8 Å². The number of nitrogens with one attached hydrogen (secondary N) is 1. The predicted octanol–water partition coefficient (Wildman–Crippen LogP) is 3.70. The van der Waals surface area contributed by atoms with Crippen molar-refractivity contribution in [1.29, 1.82) is 0 Å². The molecular formula is C17H27NO2. The van der Waals surface area contributed by atoms with Crippen molar-refractivity contribution >= 4 is 0 Å². The van der Waals surface area contributed by atoms with Gasteiger partial charge in [0, 0.05) is 24.8 Å². The van der Waals surface area contributed by atoms with Crippen LogP contribution in [0.1, 0.15) is 51.1 Å². The molecule has 1 aliphatic heterocycles. The van der Waals surface area contributed by atoms with Crippen molar-refractivity contribution in [1.82, 2.24) is 5.32 Å². The fourth-order valence-corrected chi connectivity index (χ4v) is 2.52. The van der Waals surface area contributed by atoms with Crippen LogP contribution in [0.5, 0.6) is 5.75 Å². The van der Waals surface area contributed by atoms with Gasteiger partial charge in [-0.05, 0) is 32.3 Å². The first-order chi connectivity index (χ1) is 9.81. The fourth-order valence-electron chi connectivity index (χ4n) is 2.52. The van der Waals surface area contributed by atoms with E-state index >= 15 is 0 Å². The smallest absolute Gasteiger partial charge is 0.124 e.